The minimum Gasteiger partial charge on any atom is -0.409 e. The Labute approximate surface area is 115 Å². The lowest BCUT2D eigenvalue weighted by atomic mass is 10.1. The van der Waals surface area contributed by atoms with Crippen molar-refractivity contribution >= 4 is 17.4 Å². The molecule has 0 saturated carbocycles. The lowest BCUT2D eigenvalue weighted by Crippen LogP contribution is -2.16. The lowest BCUT2D eigenvalue weighted by molar-refractivity contribution is 0.102. The molecule has 1 amide bonds. The Morgan fingerprint density at radius 1 is 1.45 bits per heavy atom. The highest BCUT2D eigenvalue weighted by atomic mass is 16.4. The van der Waals surface area contributed by atoms with Crippen LogP contribution >= 0.6 is 0 Å². The fourth-order valence-electron chi connectivity index (χ4n) is 1.70. The van der Waals surface area contributed by atoms with Gasteiger partial charge in [-0.05, 0) is 24.6 Å². The average molecular weight is 273 g/mol. The van der Waals surface area contributed by atoms with Crippen molar-refractivity contribution in [3.63, 3.8) is 0 Å². The van der Waals surface area contributed by atoms with Gasteiger partial charge in [0.25, 0.3) is 5.91 Å². The van der Waals surface area contributed by atoms with Gasteiger partial charge in [0.05, 0.1) is 0 Å². The van der Waals surface area contributed by atoms with Crippen LogP contribution in [0.15, 0.2) is 35.6 Å². The number of nitrogens with one attached hydrogen (secondary N) is 1. The summed E-state index contributed by atoms with van der Waals surface area (Å²) in [5.41, 5.74) is 7.83. The number of oxime groups is 1. The van der Waals surface area contributed by atoms with Crippen molar-refractivity contribution in [2.75, 3.05) is 5.32 Å². The third-order valence-electron chi connectivity index (χ3n) is 2.84. The molecule has 20 heavy (non-hydrogen) atoms. The van der Waals surface area contributed by atoms with E-state index in [0.717, 1.165) is 5.56 Å². The molecule has 1 aromatic carbocycles. The van der Waals surface area contributed by atoms with Gasteiger partial charge in [-0.1, -0.05) is 17.3 Å². The number of amidine groups is 1. The zero-order valence-electron chi connectivity index (χ0n) is 11.2. The Morgan fingerprint density at radius 2 is 2.20 bits per heavy atom. The first-order chi connectivity index (χ1) is 9.51. The number of nitrogens with zero attached hydrogens (tertiary/aromatic N) is 3. The van der Waals surface area contributed by atoms with Crippen LogP contribution in [0.3, 0.4) is 0 Å². The van der Waals surface area contributed by atoms with Crippen molar-refractivity contribution in [1.29, 1.82) is 0 Å². The van der Waals surface area contributed by atoms with Crippen LogP contribution in [0, 0.1) is 6.92 Å². The molecule has 0 radical (unpaired) electrons. The van der Waals surface area contributed by atoms with E-state index in [9.17, 15) is 4.79 Å². The molecular formula is C13H15N5O2. The van der Waals surface area contributed by atoms with E-state index in [1.165, 1.54) is 0 Å². The number of carbonyl (C=O) groups is 1. The van der Waals surface area contributed by atoms with Crippen LogP contribution < -0.4 is 11.1 Å². The highest BCUT2D eigenvalue weighted by Gasteiger charge is 2.11. The first-order valence-corrected chi connectivity index (χ1v) is 5.91. The highest BCUT2D eigenvalue weighted by molar-refractivity contribution is 6.04. The van der Waals surface area contributed by atoms with E-state index >= 15 is 0 Å². The minimum atomic E-state index is -0.314. The molecule has 0 atom stereocenters. The molecule has 1 aromatic heterocycles. The average Bonchev–Trinajstić information content (AvgIpc) is 2.87. The topological polar surface area (TPSA) is 106 Å². The van der Waals surface area contributed by atoms with Gasteiger partial charge in [-0.15, -0.1) is 0 Å². The van der Waals surface area contributed by atoms with Gasteiger partial charge in [-0.3, -0.25) is 9.48 Å². The maximum atomic E-state index is 12.0. The summed E-state index contributed by atoms with van der Waals surface area (Å²) in [6.45, 7) is 1.85. The van der Waals surface area contributed by atoms with Gasteiger partial charge in [0, 0.05) is 24.5 Å². The molecule has 0 aliphatic heterocycles. The first-order valence-electron chi connectivity index (χ1n) is 5.91. The maximum Gasteiger partial charge on any atom is 0.276 e. The molecule has 0 aliphatic carbocycles. The number of hydrogen-bond donors (Lipinski definition) is 3. The normalized spacial score (nSPS) is 11.4. The van der Waals surface area contributed by atoms with E-state index in [1.807, 2.05) is 6.92 Å². The standard InChI is InChI=1S/C13H15N5O2/c1-8-3-4-9(12(14)17-20)7-11(8)15-13(19)10-5-6-18(2)16-10/h3-7,20H,1-2H3,(H2,14,17)(H,15,19). The molecule has 2 rings (SSSR count). The predicted molar refractivity (Wildman–Crippen MR) is 74.9 cm³/mol. The summed E-state index contributed by atoms with van der Waals surface area (Å²) in [5, 5.41) is 18.4. The molecular weight excluding hydrogens is 258 g/mol. The van der Waals surface area contributed by atoms with Crippen LogP contribution in [0.5, 0.6) is 0 Å². The van der Waals surface area contributed by atoms with Crippen molar-refractivity contribution in [2.24, 2.45) is 17.9 Å². The van der Waals surface area contributed by atoms with Crippen LogP contribution in [-0.2, 0) is 7.05 Å². The number of benzene rings is 1. The largest absolute Gasteiger partial charge is 0.409 e. The van der Waals surface area contributed by atoms with Crippen molar-refractivity contribution in [3.05, 3.63) is 47.3 Å². The van der Waals surface area contributed by atoms with Crippen LogP contribution in [0.2, 0.25) is 0 Å². The van der Waals surface area contributed by atoms with Crippen molar-refractivity contribution in [3.8, 4) is 0 Å². The van der Waals surface area contributed by atoms with E-state index in [4.69, 9.17) is 10.9 Å². The third kappa shape index (κ3) is 2.77. The van der Waals surface area contributed by atoms with E-state index in [1.54, 1.807) is 42.2 Å². The van der Waals surface area contributed by atoms with E-state index in [2.05, 4.69) is 15.6 Å². The summed E-state index contributed by atoms with van der Waals surface area (Å²) in [6.07, 6.45) is 1.69. The summed E-state index contributed by atoms with van der Waals surface area (Å²) in [5.74, 6) is -0.330. The number of nitrogens with two attached hydrogens (primary N) is 1. The van der Waals surface area contributed by atoms with Crippen molar-refractivity contribution < 1.29 is 10.0 Å². The molecule has 104 valence electrons. The summed E-state index contributed by atoms with van der Waals surface area (Å²) in [6, 6.07) is 6.76. The maximum absolute atomic E-state index is 12.0. The van der Waals surface area contributed by atoms with E-state index < -0.39 is 0 Å². The van der Waals surface area contributed by atoms with Crippen LogP contribution in [0.1, 0.15) is 21.6 Å². The summed E-state index contributed by atoms with van der Waals surface area (Å²) in [7, 11) is 1.74. The number of aromatic nitrogens is 2. The Morgan fingerprint density at radius 3 is 2.80 bits per heavy atom. The summed E-state index contributed by atoms with van der Waals surface area (Å²) >= 11 is 0. The zero-order valence-corrected chi connectivity index (χ0v) is 11.2. The van der Waals surface area contributed by atoms with E-state index in [-0.39, 0.29) is 11.7 Å². The molecule has 0 spiro atoms. The number of amides is 1. The summed E-state index contributed by atoms with van der Waals surface area (Å²) in [4.78, 5) is 12.0. The van der Waals surface area contributed by atoms with Crippen molar-refractivity contribution in [1.82, 2.24) is 9.78 Å². The van der Waals surface area contributed by atoms with Crippen LogP contribution in [-0.4, -0.2) is 26.7 Å². The Balaban J connectivity index is 2.26. The smallest absolute Gasteiger partial charge is 0.276 e. The molecule has 0 bridgehead atoms. The quantitative estimate of drug-likeness (QED) is 0.336. The molecule has 7 heteroatoms. The Hall–Kier alpha value is -2.83. The lowest BCUT2D eigenvalue weighted by Gasteiger charge is -2.09. The van der Waals surface area contributed by atoms with Gasteiger partial charge >= 0.3 is 0 Å². The molecule has 0 aliphatic rings. The van der Waals surface area contributed by atoms with Crippen LogP contribution in [0.4, 0.5) is 5.69 Å². The molecule has 0 saturated heterocycles. The Kier molecular flexibility index (Phi) is 3.69. The molecule has 2 aromatic rings. The van der Waals surface area contributed by atoms with Gasteiger partial charge in [0.2, 0.25) is 0 Å². The van der Waals surface area contributed by atoms with Gasteiger partial charge < -0.3 is 16.3 Å². The monoisotopic (exact) mass is 273 g/mol. The second-order valence-corrected chi connectivity index (χ2v) is 4.34. The number of rotatable bonds is 3. The number of anilines is 1. The SMILES string of the molecule is Cc1ccc(/C(N)=N/O)cc1NC(=O)c1ccn(C)n1. The fourth-order valence-corrected chi connectivity index (χ4v) is 1.70. The number of aryl methyl sites for hydroxylation is 2. The number of hydrogen-bond acceptors (Lipinski definition) is 4. The molecule has 7 nitrogen and oxygen atoms in total. The van der Waals surface area contributed by atoms with Crippen molar-refractivity contribution in [2.45, 2.75) is 6.92 Å². The molecule has 4 N–H and O–H groups in total. The Bertz CT molecular complexity index is 675. The fraction of sp³-hybridized carbons (Fsp3) is 0.154. The molecule has 0 unspecified atom stereocenters. The number of carbonyl (C=O) groups excluding carboxylic acids is 1. The second kappa shape index (κ2) is 5.43. The molecule has 0 fully saturated rings. The first kappa shape index (κ1) is 13.6. The van der Waals surface area contributed by atoms with Gasteiger partial charge in [-0.25, -0.2) is 0 Å². The van der Waals surface area contributed by atoms with Gasteiger partial charge in [-0.2, -0.15) is 5.10 Å². The van der Waals surface area contributed by atoms with Crippen LogP contribution in [0.25, 0.3) is 0 Å². The summed E-state index contributed by atoms with van der Waals surface area (Å²) < 4.78 is 1.55. The van der Waals surface area contributed by atoms with E-state index in [0.29, 0.717) is 16.9 Å². The third-order valence-corrected chi connectivity index (χ3v) is 2.84. The van der Waals surface area contributed by atoms with Gasteiger partial charge in [0.15, 0.2) is 11.5 Å². The van der Waals surface area contributed by atoms with Gasteiger partial charge in [0.1, 0.15) is 0 Å². The highest BCUT2D eigenvalue weighted by Crippen LogP contribution is 2.17. The predicted octanol–water partition coefficient (Wildman–Crippen LogP) is 1.08. The molecule has 1 heterocycles. The minimum absolute atomic E-state index is 0.0154. The zero-order chi connectivity index (χ0) is 14.7. The second-order valence-electron chi connectivity index (χ2n) is 4.34.